The highest BCUT2D eigenvalue weighted by Gasteiger charge is 2.67. The van der Waals surface area contributed by atoms with Gasteiger partial charge in [0.1, 0.15) is 0 Å². The van der Waals surface area contributed by atoms with E-state index in [1.807, 2.05) is 30.3 Å². The van der Waals surface area contributed by atoms with Gasteiger partial charge >= 0.3 is 0 Å². The van der Waals surface area contributed by atoms with E-state index in [1.54, 1.807) is 14.1 Å². The second kappa shape index (κ2) is 6.01. The number of ether oxygens (including phenoxy) is 1. The van der Waals surface area contributed by atoms with Crippen LogP contribution in [0, 0.1) is 0 Å². The minimum Gasteiger partial charge on any atom is -0.392 e. The van der Waals surface area contributed by atoms with Crippen molar-refractivity contribution in [3.8, 4) is 0 Å². The first-order valence-electron chi connectivity index (χ1n) is 7.14. The molecular formula is C15H18N2O4S2. The molecule has 1 aromatic rings. The first kappa shape index (κ1) is 16.6. The van der Waals surface area contributed by atoms with E-state index < -0.39 is 16.3 Å². The van der Waals surface area contributed by atoms with Crippen LogP contribution in [0.2, 0.25) is 0 Å². The molecule has 23 heavy (non-hydrogen) atoms. The molecule has 6 nitrogen and oxygen atoms in total. The Morgan fingerprint density at radius 3 is 2.26 bits per heavy atom. The summed E-state index contributed by atoms with van der Waals surface area (Å²) in [5, 5.41) is 9.64. The number of benzene rings is 1. The molecule has 1 aromatic carbocycles. The van der Waals surface area contributed by atoms with Crippen molar-refractivity contribution in [2.45, 2.75) is 16.3 Å². The molecule has 124 valence electrons. The Kier molecular flexibility index (Phi) is 4.35. The molecule has 2 atom stereocenters. The second-order valence-corrected chi connectivity index (χ2v) is 8.28. The van der Waals surface area contributed by atoms with Crippen molar-refractivity contribution in [2.75, 3.05) is 27.3 Å². The first-order valence-corrected chi connectivity index (χ1v) is 9.29. The maximum Gasteiger partial charge on any atom is 0.263 e. The van der Waals surface area contributed by atoms with Crippen LogP contribution < -0.4 is 0 Å². The van der Waals surface area contributed by atoms with E-state index in [9.17, 15) is 14.7 Å². The number of piperazine rings is 1. The standard InChI is InChI=1S/C15H18N2O4S2/c1-16-13(20)15(10-21-8-11-6-4-3-5-7-11)17(2)12(19)14(16,9-18)22-23-15/h3-7,18H,8-10H2,1-2H3/t14-,15-/m0/s1. The third kappa shape index (κ3) is 2.36. The number of aliphatic hydroxyl groups is 1. The summed E-state index contributed by atoms with van der Waals surface area (Å²) >= 11 is 0. The van der Waals surface area contributed by atoms with E-state index in [0.29, 0.717) is 6.61 Å². The first-order chi connectivity index (χ1) is 11.0. The zero-order chi connectivity index (χ0) is 16.7. The molecule has 0 aliphatic carbocycles. The number of likely N-dealkylation sites (N-methyl/N-ethyl adjacent to an activating group) is 2. The summed E-state index contributed by atoms with van der Waals surface area (Å²) in [5.41, 5.74) is 1.01. The third-order valence-corrected chi connectivity index (χ3v) is 7.99. The molecular weight excluding hydrogens is 336 g/mol. The lowest BCUT2D eigenvalue weighted by molar-refractivity contribution is -0.168. The fourth-order valence-corrected chi connectivity index (χ4v) is 6.22. The minimum atomic E-state index is -1.22. The predicted molar refractivity (Wildman–Crippen MR) is 89.4 cm³/mol. The Balaban J connectivity index is 1.78. The molecule has 3 aliphatic heterocycles. The number of aliphatic hydroxyl groups excluding tert-OH is 1. The summed E-state index contributed by atoms with van der Waals surface area (Å²) in [7, 11) is 5.67. The van der Waals surface area contributed by atoms with Crippen LogP contribution in [0.5, 0.6) is 0 Å². The molecule has 2 bridgehead atoms. The number of fused-ring (bicyclic) bond motifs is 3. The molecule has 0 unspecified atom stereocenters. The molecule has 3 fully saturated rings. The molecule has 0 radical (unpaired) electrons. The average molecular weight is 354 g/mol. The van der Waals surface area contributed by atoms with Gasteiger partial charge in [-0.15, -0.1) is 0 Å². The van der Waals surface area contributed by atoms with Gasteiger partial charge in [0, 0.05) is 14.1 Å². The van der Waals surface area contributed by atoms with E-state index in [2.05, 4.69) is 0 Å². The van der Waals surface area contributed by atoms with Gasteiger partial charge in [0.25, 0.3) is 11.8 Å². The number of carbonyl (C=O) groups excluding carboxylic acids is 2. The summed E-state index contributed by atoms with van der Waals surface area (Å²) in [5.74, 6) is -0.486. The highest BCUT2D eigenvalue weighted by Crippen LogP contribution is 2.57. The fraction of sp³-hybridized carbons (Fsp3) is 0.467. The summed E-state index contributed by atoms with van der Waals surface area (Å²) in [4.78, 5) is 25.9. The quantitative estimate of drug-likeness (QED) is 0.793. The molecule has 8 heteroatoms. The minimum absolute atomic E-state index is 0.104. The lowest BCUT2D eigenvalue weighted by Gasteiger charge is -2.58. The van der Waals surface area contributed by atoms with E-state index in [1.165, 1.54) is 31.4 Å². The number of rotatable bonds is 5. The van der Waals surface area contributed by atoms with Crippen LogP contribution in [0.15, 0.2) is 30.3 Å². The van der Waals surface area contributed by atoms with Gasteiger partial charge in [0.2, 0.25) is 9.74 Å². The summed E-state index contributed by atoms with van der Waals surface area (Å²) < 4.78 is 5.74. The van der Waals surface area contributed by atoms with E-state index in [-0.39, 0.29) is 18.4 Å². The normalized spacial score (nSPS) is 30.2. The second-order valence-electron chi connectivity index (χ2n) is 5.60. The number of nitrogens with zero attached hydrogens (tertiary/aromatic N) is 2. The maximum atomic E-state index is 12.8. The Bertz CT molecular complexity index is 629. The number of hydrogen-bond acceptors (Lipinski definition) is 6. The van der Waals surface area contributed by atoms with Crippen molar-refractivity contribution in [1.82, 2.24) is 9.80 Å². The van der Waals surface area contributed by atoms with Crippen molar-refractivity contribution in [1.29, 1.82) is 0 Å². The van der Waals surface area contributed by atoms with Gasteiger partial charge in [0.05, 0.1) is 19.8 Å². The van der Waals surface area contributed by atoms with Crippen molar-refractivity contribution >= 4 is 33.4 Å². The summed E-state index contributed by atoms with van der Waals surface area (Å²) in [6, 6.07) is 9.66. The Hall–Kier alpha value is -1.22. The average Bonchev–Trinajstić information content (AvgIpc) is 2.58. The lowest BCUT2D eigenvalue weighted by Crippen LogP contribution is -2.77. The molecule has 2 amide bonds. The van der Waals surface area contributed by atoms with Gasteiger partial charge in [-0.05, 0) is 27.2 Å². The predicted octanol–water partition coefficient (Wildman–Crippen LogP) is 0.913. The number of carbonyl (C=O) groups is 2. The SMILES string of the molecule is CN1C(=O)[C@]2(COCc3ccccc3)SS[C@@]1(CO)C(=O)N2C. The van der Waals surface area contributed by atoms with E-state index in [4.69, 9.17) is 4.74 Å². The van der Waals surface area contributed by atoms with Crippen LogP contribution in [-0.4, -0.2) is 63.8 Å². The highest BCUT2D eigenvalue weighted by atomic mass is 33.1. The zero-order valence-corrected chi connectivity index (χ0v) is 14.5. The summed E-state index contributed by atoms with van der Waals surface area (Å²) in [6.07, 6.45) is 0. The van der Waals surface area contributed by atoms with Crippen LogP contribution in [0.3, 0.4) is 0 Å². The third-order valence-electron chi connectivity index (χ3n) is 4.30. The van der Waals surface area contributed by atoms with E-state index in [0.717, 1.165) is 5.56 Å². The smallest absolute Gasteiger partial charge is 0.263 e. The van der Waals surface area contributed by atoms with Gasteiger partial charge in [-0.25, -0.2) is 0 Å². The molecule has 0 spiro atoms. The monoisotopic (exact) mass is 354 g/mol. The Morgan fingerprint density at radius 1 is 1.04 bits per heavy atom. The Morgan fingerprint density at radius 2 is 1.61 bits per heavy atom. The van der Waals surface area contributed by atoms with Crippen LogP contribution in [0.25, 0.3) is 0 Å². The number of hydrogen-bond donors (Lipinski definition) is 1. The van der Waals surface area contributed by atoms with Crippen LogP contribution in [0.4, 0.5) is 0 Å². The molecule has 4 rings (SSSR count). The molecule has 3 aliphatic rings. The molecule has 3 saturated heterocycles. The molecule has 1 N–H and O–H groups in total. The van der Waals surface area contributed by atoms with Gasteiger partial charge in [-0.3, -0.25) is 9.59 Å². The topological polar surface area (TPSA) is 70.1 Å². The van der Waals surface area contributed by atoms with Crippen molar-refractivity contribution < 1.29 is 19.4 Å². The van der Waals surface area contributed by atoms with Crippen LogP contribution in [0.1, 0.15) is 5.56 Å². The summed E-state index contributed by atoms with van der Waals surface area (Å²) in [6.45, 7) is 0.0709. The van der Waals surface area contributed by atoms with Crippen LogP contribution >= 0.6 is 21.6 Å². The van der Waals surface area contributed by atoms with Crippen molar-refractivity contribution in [3.05, 3.63) is 35.9 Å². The van der Waals surface area contributed by atoms with Gasteiger partial charge < -0.3 is 19.6 Å². The van der Waals surface area contributed by atoms with Crippen molar-refractivity contribution in [3.63, 3.8) is 0 Å². The Labute approximate surface area is 142 Å². The largest absolute Gasteiger partial charge is 0.392 e. The molecule has 0 saturated carbocycles. The number of amides is 2. The van der Waals surface area contributed by atoms with Gasteiger partial charge in [0.15, 0.2) is 0 Å². The maximum absolute atomic E-state index is 12.8. The van der Waals surface area contributed by atoms with E-state index >= 15 is 0 Å². The van der Waals surface area contributed by atoms with Crippen molar-refractivity contribution in [2.24, 2.45) is 0 Å². The highest BCUT2D eigenvalue weighted by molar-refractivity contribution is 8.78. The molecule has 0 aromatic heterocycles. The van der Waals surface area contributed by atoms with Gasteiger partial charge in [-0.2, -0.15) is 0 Å². The molecule has 3 heterocycles. The lowest BCUT2D eigenvalue weighted by atomic mass is 10.1. The van der Waals surface area contributed by atoms with Gasteiger partial charge in [-0.1, -0.05) is 30.3 Å². The fourth-order valence-electron chi connectivity index (χ4n) is 2.72. The zero-order valence-electron chi connectivity index (χ0n) is 12.9. The van der Waals surface area contributed by atoms with Crippen LogP contribution in [-0.2, 0) is 20.9 Å².